The molecule has 2 saturated heterocycles. The molecule has 2 rings (SSSR count). The van der Waals surface area contributed by atoms with Crippen LogP contribution in [0.5, 0.6) is 0 Å². The van der Waals surface area contributed by atoms with E-state index in [4.69, 9.17) is 4.74 Å². The van der Waals surface area contributed by atoms with E-state index in [-0.39, 0.29) is 6.03 Å². The predicted molar refractivity (Wildman–Crippen MR) is 78.2 cm³/mol. The Bertz CT molecular complexity index is 395. The molecule has 6 nitrogen and oxygen atoms in total. The van der Waals surface area contributed by atoms with Crippen LogP contribution >= 0.6 is 0 Å². The average molecular weight is 298 g/mol. The Balaban J connectivity index is 2.02. The molecule has 0 aromatic carbocycles. The highest BCUT2D eigenvalue weighted by atomic mass is 16.5. The molecule has 0 radical (unpaired) electrons. The molecule has 2 unspecified atom stereocenters. The van der Waals surface area contributed by atoms with Gasteiger partial charge < -0.3 is 19.6 Å². The average Bonchev–Trinajstić information content (AvgIpc) is 2.92. The van der Waals surface area contributed by atoms with E-state index in [0.29, 0.717) is 38.5 Å². The Morgan fingerprint density at radius 2 is 2.19 bits per heavy atom. The number of amides is 2. The fraction of sp³-hybridized carbons (Fsp3) is 0.867. The number of hydrogen-bond acceptors (Lipinski definition) is 3. The molecule has 21 heavy (non-hydrogen) atoms. The summed E-state index contributed by atoms with van der Waals surface area (Å²) in [6, 6.07) is -0.165. The van der Waals surface area contributed by atoms with Gasteiger partial charge in [-0.05, 0) is 32.1 Å². The molecule has 0 bridgehead atoms. The summed E-state index contributed by atoms with van der Waals surface area (Å²) in [7, 11) is 1.76. The molecule has 2 aliphatic heterocycles. The summed E-state index contributed by atoms with van der Waals surface area (Å²) in [5, 5.41) is 9.55. The number of carboxylic acid groups (broad SMARTS) is 1. The smallest absolute Gasteiger partial charge is 0.329 e. The predicted octanol–water partition coefficient (Wildman–Crippen LogP) is 1.79. The van der Waals surface area contributed by atoms with Crippen molar-refractivity contribution in [3.8, 4) is 0 Å². The Morgan fingerprint density at radius 3 is 2.76 bits per heavy atom. The van der Waals surface area contributed by atoms with E-state index in [1.54, 1.807) is 16.8 Å². The molecule has 120 valence electrons. The van der Waals surface area contributed by atoms with Crippen LogP contribution in [-0.2, 0) is 9.53 Å². The van der Waals surface area contributed by atoms with Crippen LogP contribution in [0.4, 0.5) is 4.79 Å². The topological polar surface area (TPSA) is 70.1 Å². The van der Waals surface area contributed by atoms with Gasteiger partial charge in [-0.15, -0.1) is 0 Å². The van der Waals surface area contributed by atoms with Crippen molar-refractivity contribution in [2.75, 3.05) is 33.4 Å². The highest BCUT2D eigenvalue weighted by Gasteiger charge is 2.49. The number of likely N-dealkylation sites (tertiary alicyclic amines) is 1. The summed E-state index contributed by atoms with van der Waals surface area (Å²) < 4.78 is 5.44. The normalized spacial score (nSPS) is 29.4. The van der Waals surface area contributed by atoms with Crippen LogP contribution in [0.15, 0.2) is 0 Å². The van der Waals surface area contributed by atoms with Gasteiger partial charge in [0.05, 0.1) is 6.61 Å². The summed E-state index contributed by atoms with van der Waals surface area (Å²) in [4.78, 5) is 27.5. The number of rotatable bonds is 4. The first-order valence-electron chi connectivity index (χ1n) is 7.85. The van der Waals surface area contributed by atoms with Gasteiger partial charge in [0.2, 0.25) is 0 Å². The largest absolute Gasteiger partial charge is 0.479 e. The summed E-state index contributed by atoms with van der Waals surface area (Å²) in [5.74, 6) is -0.526. The van der Waals surface area contributed by atoms with Crippen molar-refractivity contribution in [3.63, 3.8) is 0 Å². The van der Waals surface area contributed by atoms with Crippen molar-refractivity contribution >= 4 is 12.0 Å². The molecule has 2 heterocycles. The number of urea groups is 1. The molecule has 2 fully saturated rings. The number of hydrogen-bond donors (Lipinski definition) is 1. The highest BCUT2D eigenvalue weighted by Crippen LogP contribution is 2.33. The lowest BCUT2D eigenvalue weighted by molar-refractivity contribution is -0.148. The van der Waals surface area contributed by atoms with E-state index in [1.807, 2.05) is 6.92 Å². The third kappa shape index (κ3) is 3.15. The Kier molecular flexibility index (Phi) is 5.08. The third-order valence-corrected chi connectivity index (χ3v) is 4.82. The van der Waals surface area contributed by atoms with Crippen molar-refractivity contribution < 1.29 is 19.4 Å². The summed E-state index contributed by atoms with van der Waals surface area (Å²) in [6.45, 7) is 4.50. The maximum absolute atomic E-state index is 12.6. The fourth-order valence-corrected chi connectivity index (χ4v) is 3.52. The maximum atomic E-state index is 12.6. The lowest BCUT2D eigenvalue weighted by Crippen LogP contribution is -2.56. The fourth-order valence-electron chi connectivity index (χ4n) is 3.52. The van der Waals surface area contributed by atoms with E-state index < -0.39 is 11.5 Å². The lowest BCUT2D eigenvalue weighted by Gasteiger charge is -2.37. The van der Waals surface area contributed by atoms with Crippen LogP contribution in [0.2, 0.25) is 0 Å². The van der Waals surface area contributed by atoms with Crippen LogP contribution in [0.3, 0.4) is 0 Å². The van der Waals surface area contributed by atoms with Gasteiger partial charge in [0.25, 0.3) is 0 Å². The number of ether oxygens (including phenoxy) is 1. The first kappa shape index (κ1) is 16.1. The van der Waals surface area contributed by atoms with Crippen molar-refractivity contribution in [1.29, 1.82) is 0 Å². The molecule has 0 aromatic heterocycles. The second-order valence-corrected chi connectivity index (χ2v) is 6.19. The number of carbonyl (C=O) groups is 2. The first-order chi connectivity index (χ1) is 10.0. The van der Waals surface area contributed by atoms with Crippen LogP contribution in [0.1, 0.15) is 39.0 Å². The van der Waals surface area contributed by atoms with Gasteiger partial charge >= 0.3 is 12.0 Å². The van der Waals surface area contributed by atoms with Crippen LogP contribution < -0.4 is 0 Å². The molecule has 2 amide bonds. The number of nitrogens with zero attached hydrogens (tertiary/aromatic N) is 2. The SMILES string of the molecule is CCC1(C(=O)O)CCCN1C(=O)N(C)CC1CCCOC1. The van der Waals surface area contributed by atoms with E-state index in [1.165, 1.54) is 0 Å². The molecule has 2 aliphatic rings. The van der Waals surface area contributed by atoms with Crippen molar-refractivity contribution in [3.05, 3.63) is 0 Å². The maximum Gasteiger partial charge on any atom is 0.329 e. The zero-order valence-corrected chi connectivity index (χ0v) is 13.0. The molecule has 0 aromatic rings. The van der Waals surface area contributed by atoms with E-state index >= 15 is 0 Å². The summed E-state index contributed by atoms with van der Waals surface area (Å²) >= 11 is 0. The molecular weight excluding hydrogens is 272 g/mol. The standard InChI is InChI=1S/C15H26N2O4/c1-3-15(13(18)19)7-5-8-17(15)14(20)16(2)10-12-6-4-9-21-11-12/h12H,3-11H2,1-2H3,(H,18,19). The van der Waals surface area contributed by atoms with E-state index in [0.717, 1.165) is 25.9 Å². The van der Waals surface area contributed by atoms with Gasteiger partial charge in [0.1, 0.15) is 5.54 Å². The second-order valence-electron chi connectivity index (χ2n) is 6.19. The van der Waals surface area contributed by atoms with E-state index in [9.17, 15) is 14.7 Å². The highest BCUT2D eigenvalue weighted by molar-refractivity contribution is 5.87. The first-order valence-corrected chi connectivity index (χ1v) is 7.85. The van der Waals surface area contributed by atoms with Crippen molar-refractivity contribution in [2.45, 2.75) is 44.6 Å². The second kappa shape index (κ2) is 6.64. The zero-order chi connectivity index (χ0) is 15.5. The molecule has 0 saturated carbocycles. The molecule has 1 N–H and O–H groups in total. The summed E-state index contributed by atoms with van der Waals surface area (Å²) in [5.41, 5.74) is -1.02. The van der Waals surface area contributed by atoms with Gasteiger partial charge in [-0.2, -0.15) is 0 Å². The number of carbonyl (C=O) groups excluding carboxylic acids is 1. The van der Waals surface area contributed by atoms with Crippen LogP contribution in [0, 0.1) is 5.92 Å². The van der Waals surface area contributed by atoms with E-state index in [2.05, 4.69) is 0 Å². The van der Waals surface area contributed by atoms with Crippen molar-refractivity contribution in [2.24, 2.45) is 5.92 Å². The molecule has 2 atom stereocenters. The minimum Gasteiger partial charge on any atom is -0.479 e. The molecular formula is C15H26N2O4. The van der Waals surface area contributed by atoms with Crippen LogP contribution in [0.25, 0.3) is 0 Å². The van der Waals surface area contributed by atoms with Crippen molar-refractivity contribution in [1.82, 2.24) is 9.80 Å². The van der Waals surface area contributed by atoms with Gasteiger partial charge in [-0.1, -0.05) is 6.92 Å². The van der Waals surface area contributed by atoms with Gasteiger partial charge in [0.15, 0.2) is 0 Å². The number of carboxylic acids is 1. The minimum absolute atomic E-state index is 0.165. The van der Waals surface area contributed by atoms with Gasteiger partial charge in [0, 0.05) is 32.7 Å². The lowest BCUT2D eigenvalue weighted by atomic mass is 9.93. The van der Waals surface area contributed by atoms with Gasteiger partial charge in [-0.3, -0.25) is 0 Å². The van der Waals surface area contributed by atoms with Gasteiger partial charge in [-0.25, -0.2) is 9.59 Å². The molecule has 6 heteroatoms. The summed E-state index contributed by atoms with van der Waals surface area (Å²) in [6.07, 6.45) is 3.85. The Labute approximate surface area is 126 Å². The van der Waals surface area contributed by atoms with Crippen LogP contribution in [-0.4, -0.2) is 65.8 Å². The quantitative estimate of drug-likeness (QED) is 0.859. The minimum atomic E-state index is -1.02. The number of aliphatic carboxylic acids is 1. The monoisotopic (exact) mass is 298 g/mol. The molecule has 0 spiro atoms. The third-order valence-electron chi connectivity index (χ3n) is 4.82. The Hall–Kier alpha value is -1.30. The Morgan fingerprint density at radius 1 is 1.43 bits per heavy atom. The zero-order valence-electron chi connectivity index (χ0n) is 13.0. The molecule has 0 aliphatic carbocycles.